The molecule has 1 aromatic heterocycles. The van der Waals surface area contributed by atoms with Crippen LogP contribution in [0.4, 0.5) is 0 Å². The zero-order valence-electron chi connectivity index (χ0n) is 13.8. The zero-order chi connectivity index (χ0) is 16.4. The minimum Gasteiger partial charge on any atom is -0.492 e. The zero-order valence-corrected chi connectivity index (χ0v) is 13.8. The van der Waals surface area contributed by atoms with Gasteiger partial charge in [-0.05, 0) is 24.5 Å². The van der Waals surface area contributed by atoms with Gasteiger partial charge in [-0.2, -0.15) is 0 Å². The van der Waals surface area contributed by atoms with Crippen LogP contribution in [0.3, 0.4) is 0 Å². The Morgan fingerprint density at radius 2 is 1.70 bits per heavy atom. The first-order valence-electron chi connectivity index (χ1n) is 7.98. The molecule has 0 radical (unpaired) electrons. The molecule has 3 heteroatoms. The van der Waals surface area contributed by atoms with Crippen molar-refractivity contribution < 1.29 is 5.11 Å². The number of aryl methyl sites for hydroxylation is 1. The average molecular weight is 306 g/mol. The van der Waals surface area contributed by atoms with Gasteiger partial charge in [0, 0.05) is 12.1 Å². The highest BCUT2D eigenvalue weighted by Gasteiger charge is 2.21. The third-order valence-electron chi connectivity index (χ3n) is 3.83. The first-order valence-corrected chi connectivity index (χ1v) is 7.98. The first-order chi connectivity index (χ1) is 11.1. The van der Waals surface area contributed by atoms with Gasteiger partial charge in [-0.3, -0.25) is 4.68 Å². The van der Waals surface area contributed by atoms with E-state index in [0.29, 0.717) is 5.92 Å². The second-order valence-corrected chi connectivity index (χ2v) is 6.36. The molecule has 0 aliphatic carbocycles. The minimum absolute atomic E-state index is 0.0911. The van der Waals surface area contributed by atoms with E-state index in [2.05, 4.69) is 44.1 Å². The van der Waals surface area contributed by atoms with Crippen molar-refractivity contribution in [3.8, 4) is 28.3 Å². The molecule has 118 valence electrons. The van der Waals surface area contributed by atoms with Crippen LogP contribution in [0.25, 0.3) is 22.4 Å². The van der Waals surface area contributed by atoms with Gasteiger partial charge >= 0.3 is 0 Å². The summed E-state index contributed by atoms with van der Waals surface area (Å²) in [5, 5.41) is 14.9. The van der Waals surface area contributed by atoms with Crippen LogP contribution in [0.2, 0.25) is 0 Å². The van der Waals surface area contributed by atoms with Crippen molar-refractivity contribution in [2.24, 2.45) is 5.92 Å². The van der Waals surface area contributed by atoms with Gasteiger partial charge in [-0.25, -0.2) is 0 Å². The molecule has 0 unspecified atom stereocenters. The molecule has 2 aromatic carbocycles. The number of rotatable bonds is 4. The lowest BCUT2D eigenvalue weighted by Crippen LogP contribution is -2.07. The lowest BCUT2D eigenvalue weighted by Gasteiger charge is -2.12. The van der Waals surface area contributed by atoms with E-state index in [4.69, 9.17) is 0 Å². The fraction of sp³-hybridized carbons (Fsp3) is 0.250. The molecule has 3 rings (SSSR count). The summed E-state index contributed by atoms with van der Waals surface area (Å²) in [5.41, 5.74) is 5.04. The highest BCUT2D eigenvalue weighted by molar-refractivity contribution is 5.84. The Labute approximate surface area is 137 Å². The summed E-state index contributed by atoms with van der Waals surface area (Å²) in [6.07, 6.45) is 0. The Hall–Kier alpha value is -2.55. The molecule has 3 aromatic rings. The summed E-state index contributed by atoms with van der Waals surface area (Å²) in [4.78, 5) is 0. The van der Waals surface area contributed by atoms with Crippen LogP contribution in [-0.4, -0.2) is 14.9 Å². The number of aromatic nitrogens is 2. The van der Waals surface area contributed by atoms with E-state index in [1.165, 1.54) is 5.56 Å². The molecular weight excluding hydrogens is 284 g/mol. The predicted molar refractivity (Wildman–Crippen MR) is 94.3 cm³/mol. The summed E-state index contributed by atoms with van der Waals surface area (Å²) >= 11 is 0. The largest absolute Gasteiger partial charge is 0.492 e. The fourth-order valence-electron chi connectivity index (χ4n) is 2.88. The van der Waals surface area contributed by atoms with Gasteiger partial charge in [0.05, 0.1) is 11.3 Å². The van der Waals surface area contributed by atoms with Crippen LogP contribution in [0, 0.1) is 12.8 Å². The quantitative estimate of drug-likeness (QED) is 0.745. The maximum absolute atomic E-state index is 10.5. The summed E-state index contributed by atoms with van der Waals surface area (Å²) in [6.45, 7) is 7.15. The molecule has 1 N–H and O–H groups in total. The summed E-state index contributed by atoms with van der Waals surface area (Å²) in [6, 6.07) is 18.3. The van der Waals surface area contributed by atoms with E-state index in [-0.39, 0.29) is 5.88 Å². The maximum Gasteiger partial charge on any atom is 0.238 e. The van der Waals surface area contributed by atoms with Crippen molar-refractivity contribution in [2.45, 2.75) is 27.3 Å². The number of hydrogen-bond donors (Lipinski definition) is 1. The third kappa shape index (κ3) is 3.14. The second kappa shape index (κ2) is 6.29. The highest BCUT2D eigenvalue weighted by Crippen LogP contribution is 2.39. The van der Waals surface area contributed by atoms with Gasteiger partial charge in [-0.15, -0.1) is 5.10 Å². The van der Waals surface area contributed by atoms with Crippen LogP contribution >= 0.6 is 0 Å². The van der Waals surface area contributed by atoms with E-state index >= 15 is 0 Å². The van der Waals surface area contributed by atoms with Crippen molar-refractivity contribution in [3.63, 3.8) is 0 Å². The predicted octanol–water partition coefficient (Wildman–Crippen LogP) is 4.89. The van der Waals surface area contributed by atoms with Crippen molar-refractivity contribution in [2.75, 3.05) is 0 Å². The molecule has 0 fully saturated rings. The van der Waals surface area contributed by atoms with Gasteiger partial charge in [0.2, 0.25) is 5.88 Å². The molecule has 1 heterocycles. The van der Waals surface area contributed by atoms with Crippen molar-refractivity contribution in [1.82, 2.24) is 9.78 Å². The molecule has 0 saturated carbocycles. The molecule has 23 heavy (non-hydrogen) atoms. The molecular formula is C20H22N2O. The molecule has 0 bridgehead atoms. The Morgan fingerprint density at radius 3 is 2.35 bits per heavy atom. The van der Waals surface area contributed by atoms with Crippen LogP contribution in [0.1, 0.15) is 19.4 Å². The Kier molecular flexibility index (Phi) is 4.20. The Balaban J connectivity index is 2.25. The fourth-order valence-corrected chi connectivity index (χ4v) is 2.88. The Morgan fingerprint density at radius 1 is 1.00 bits per heavy atom. The molecule has 0 saturated heterocycles. The van der Waals surface area contributed by atoms with Gasteiger partial charge in [0.1, 0.15) is 0 Å². The van der Waals surface area contributed by atoms with Crippen LogP contribution < -0.4 is 0 Å². The lowest BCUT2D eigenvalue weighted by atomic mass is 9.99. The van der Waals surface area contributed by atoms with Crippen molar-refractivity contribution >= 4 is 0 Å². The van der Waals surface area contributed by atoms with E-state index in [1.54, 1.807) is 0 Å². The number of nitrogens with zero attached hydrogens (tertiary/aromatic N) is 2. The smallest absolute Gasteiger partial charge is 0.238 e. The van der Waals surface area contributed by atoms with Gasteiger partial charge in [-0.1, -0.05) is 67.9 Å². The summed E-state index contributed by atoms with van der Waals surface area (Å²) < 4.78 is 1.93. The standard InChI is InChI=1S/C20H22N2O/c1-14(2)13-22-19(17-11-7-8-15(3)12-17)18(20(23)21-22)16-9-5-4-6-10-16/h4-12,14H,13H2,1-3H3,(H,21,23). The topological polar surface area (TPSA) is 38.1 Å². The third-order valence-corrected chi connectivity index (χ3v) is 3.83. The molecule has 0 aliphatic rings. The van der Waals surface area contributed by atoms with Crippen molar-refractivity contribution in [1.29, 1.82) is 0 Å². The van der Waals surface area contributed by atoms with Crippen molar-refractivity contribution in [3.05, 3.63) is 60.2 Å². The van der Waals surface area contributed by atoms with E-state index < -0.39 is 0 Å². The second-order valence-electron chi connectivity index (χ2n) is 6.36. The molecule has 3 nitrogen and oxygen atoms in total. The van der Waals surface area contributed by atoms with Gasteiger partial charge < -0.3 is 5.11 Å². The Bertz CT molecular complexity index is 804. The molecule has 0 aliphatic heterocycles. The van der Waals surface area contributed by atoms with Crippen LogP contribution in [-0.2, 0) is 6.54 Å². The lowest BCUT2D eigenvalue weighted by molar-refractivity contribution is 0.422. The summed E-state index contributed by atoms with van der Waals surface area (Å²) in [5.74, 6) is 0.537. The number of aromatic hydroxyl groups is 1. The molecule has 0 atom stereocenters. The summed E-state index contributed by atoms with van der Waals surface area (Å²) in [7, 11) is 0. The molecule has 0 spiro atoms. The normalized spacial score (nSPS) is 11.1. The average Bonchev–Trinajstić information content (AvgIpc) is 2.83. The molecule has 0 amide bonds. The van der Waals surface area contributed by atoms with E-state index in [9.17, 15) is 5.11 Å². The monoisotopic (exact) mass is 306 g/mol. The van der Waals surface area contributed by atoms with Gasteiger partial charge in [0.25, 0.3) is 0 Å². The maximum atomic E-state index is 10.5. The highest BCUT2D eigenvalue weighted by atomic mass is 16.3. The van der Waals surface area contributed by atoms with E-state index in [0.717, 1.165) is 28.9 Å². The van der Waals surface area contributed by atoms with Gasteiger partial charge in [0.15, 0.2) is 0 Å². The minimum atomic E-state index is 0.0911. The number of benzene rings is 2. The van der Waals surface area contributed by atoms with E-state index in [1.807, 2.05) is 41.1 Å². The van der Waals surface area contributed by atoms with Crippen LogP contribution in [0.5, 0.6) is 5.88 Å². The SMILES string of the molecule is Cc1cccc(-c2c(-c3ccccc3)c(O)nn2CC(C)C)c1. The number of hydrogen-bond acceptors (Lipinski definition) is 2. The first kappa shape index (κ1) is 15.3. The van der Waals surface area contributed by atoms with Crippen LogP contribution in [0.15, 0.2) is 54.6 Å².